The molecule has 2 fully saturated rings. The summed E-state index contributed by atoms with van der Waals surface area (Å²) < 4.78 is 0. The van der Waals surface area contributed by atoms with Gasteiger partial charge in [-0.3, -0.25) is 0 Å². The molecule has 16 heavy (non-hydrogen) atoms. The molecule has 0 aromatic carbocycles. The van der Waals surface area contributed by atoms with Crippen molar-refractivity contribution in [1.29, 1.82) is 0 Å². The van der Waals surface area contributed by atoms with Gasteiger partial charge in [0.25, 0.3) is 0 Å². The van der Waals surface area contributed by atoms with E-state index in [0.29, 0.717) is 5.41 Å². The number of nitrogens with one attached hydrogen (secondary N) is 1. The second-order valence-electron chi connectivity index (χ2n) is 5.52. The van der Waals surface area contributed by atoms with E-state index < -0.39 is 0 Å². The molecule has 0 aromatic rings. The van der Waals surface area contributed by atoms with Crippen molar-refractivity contribution < 1.29 is 0 Å². The Hall–Kier alpha value is 0.270. The summed E-state index contributed by atoms with van der Waals surface area (Å²) in [6, 6.07) is 0. The molecule has 2 heterocycles. The minimum absolute atomic E-state index is 0.618. The Kier molecular flexibility index (Phi) is 4.57. The molecule has 2 saturated heterocycles. The monoisotopic (exact) mass is 242 g/mol. The van der Waals surface area contributed by atoms with Crippen LogP contribution in [0.4, 0.5) is 0 Å². The van der Waals surface area contributed by atoms with Gasteiger partial charge in [0, 0.05) is 30.6 Å². The lowest BCUT2D eigenvalue weighted by atomic mass is 9.76. The van der Waals surface area contributed by atoms with Crippen LogP contribution in [0.25, 0.3) is 0 Å². The average molecular weight is 242 g/mol. The molecule has 0 radical (unpaired) electrons. The maximum Gasteiger partial charge on any atom is 0.0147 e. The van der Waals surface area contributed by atoms with E-state index in [4.69, 9.17) is 0 Å². The summed E-state index contributed by atoms with van der Waals surface area (Å²) in [6.45, 7) is 11.2. The summed E-state index contributed by atoms with van der Waals surface area (Å²) in [7, 11) is 0. The van der Waals surface area contributed by atoms with Gasteiger partial charge in [-0.05, 0) is 37.8 Å². The molecule has 0 aromatic heterocycles. The van der Waals surface area contributed by atoms with Crippen LogP contribution in [0.1, 0.15) is 33.1 Å². The minimum Gasteiger partial charge on any atom is -0.317 e. The molecule has 0 amide bonds. The van der Waals surface area contributed by atoms with E-state index in [1.54, 1.807) is 0 Å². The second kappa shape index (κ2) is 5.74. The van der Waals surface area contributed by atoms with Gasteiger partial charge in [-0.25, -0.2) is 0 Å². The van der Waals surface area contributed by atoms with E-state index in [2.05, 4.69) is 35.8 Å². The molecule has 1 unspecified atom stereocenters. The van der Waals surface area contributed by atoms with Crippen LogP contribution in [0.2, 0.25) is 0 Å². The van der Waals surface area contributed by atoms with Crippen molar-refractivity contribution in [3.8, 4) is 0 Å². The molecule has 0 aliphatic carbocycles. The predicted molar refractivity (Wildman–Crippen MR) is 73.2 cm³/mol. The Labute approximate surface area is 105 Å². The summed E-state index contributed by atoms with van der Waals surface area (Å²) in [5.41, 5.74) is 0.618. The van der Waals surface area contributed by atoms with Crippen LogP contribution in [0, 0.1) is 5.41 Å². The van der Waals surface area contributed by atoms with E-state index in [0.717, 1.165) is 5.25 Å². The van der Waals surface area contributed by atoms with Crippen LogP contribution < -0.4 is 5.32 Å². The first-order valence-corrected chi connectivity index (χ1v) is 7.84. The van der Waals surface area contributed by atoms with Gasteiger partial charge in [-0.15, -0.1) is 0 Å². The van der Waals surface area contributed by atoms with Crippen molar-refractivity contribution in [2.75, 3.05) is 38.5 Å². The zero-order valence-corrected chi connectivity index (χ0v) is 11.6. The number of hydrogen-bond donors (Lipinski definition) is 1. The van der Waals surface area contributed by atoms with Crippen molar-refractivity contribution in [2.45, 2.75) is 38.4 Å². The van der Waals surface area contributed by atoms with Crippen molar-refractivity contribution in [3.05, 3.63) is 0 Å². The molecule has 0 spiro atoms. The fraction of sp³-hybridized carbons (Fsp3) is 1.00. The maximum absolute atomic E-state index is 3.50. The molecular formula is C13H26N2S. The van der Waals surface area contributed by atoms with Crippen LogP contribution >= 0.6 is 11.8 Å². The SMILES string of the molecule is CCC1(CN2CCSC(C)C2)CCNCC1. The average Bonchev–Trinajstić information content (AvgIpc) is 2.30. The molecule has 2 nitrogen and oxygen atoms in total. The largest absolute Gasteiger partial charge is 0.317 e. The molecule has 1 N–H and O–H groups in total. The van der Waals surface area contributed by atoms with Crippen molar-refractivity contribution in [1.82, 2.24) is 10.2 Å². The van der Waals surface area contributed by atoms with E-state index in [-0.39, 0.29) is 0 Å². The number of nitrogens with zero attached hydrogens (tertiary/aromatic N) is 1. The fourth-order valence-electron chi connectivity index (χ4n) is 3.09. The number of hydrogen-bond acceptors (Lipinski definition) is 3. The molecule has 2 aliphatic heterocycles. The Morgan fingerprint density at radius 3 is 2.75 bits per heavy atom. The lowest BCUT2D eigenvalue weighted by Gasteiger charge is -2.43. The van der Waals surface area contributed by atoms with Crippen LogP contribution in [-0.4, -0.2) is 48.6 Å². The Bertz CT molecular complexity index is 214. The van der Waals surface area contributed by atoms with Gasteiger partial charge in [-0.2, -0.15) is 11.8 Å². The molecule has 0 saturated carbocycles. The molecular weight excluding hydrogens is 216 g/mol. The smallest absolute Gasteiger partial charge is 0.0147 e. The highest BCUT2D eigenvalue weighted by Crippen LogP contribution is 2.34. The fourth-order valence-corrected chi connectivity index (χ4v) is 4.17. The lowest BCUT2D eigenvalue weighted by Crippen LogP contribution is -2.47. The van der Waals surface area contributed by atoms with Crippen LogP contribution in [0.5, 0.6) is 0 Å². The van der Waals surface area contributed by atoms with Crippen molar-refractivity contribution in [2.24, 2.45) is 5.41 Å². The highest BCUT2D eigenvalue weighted by Gasteiger charge is 2.33. The lowest BCUT2D eigenvalue weighted by molar-refractivity contribution is 0.109. The van der Waals surface area contributed by atoms with Crippen LogP contribution in [-0.2, 0) is 0 Å². The van der Waals surface area contributed by atoms with Crippen LogP contribution in [0.15, 0.2) is 0 Å². The zero-order valence-electron chi connectivity index (χ0n) is 10.8. The van der Waals surface area contributed by atoms with E-state index in [1.807, 2.05) is 0 Å². The van der Waals surface area contributed by atoms with Gasteiger partial charge in [-0.1, -0.05) is 13.8 Å². The topological polar surface area (TPSA) is 15.3 Å². The number of thioether (sulfide) groups is 1. The Morgan fingerprint density at radius 1 is 1.38 bits per heavy atom. The van der Waals surface area contributed by atoms with Gasteiger partial charge >= 0.3 is 0 Å². The van der Waals surface area contributed by atoms with E-state index in [9.17, 15) is 0 Å². The third-order valence-corrected chi connectivity index (χ3v) is 5.43. The summed E-state index contributed by atoms with van der Waals surface area (Å²) in [4.78, 5) is 2.72. The highest BCUT2D eigenvalue weighted by molar-refractivity contribution is 7.99. The van der Waals surface area contributed by atoms with Crippen molar-refractivity contribution in [3.63, 3.8) is 0 Å². The summed E-state index contributed by atoms with van der Waals surface area (Å²) in [5.74, 6) is 1.33. The Morgan fingerprint density at radius 2 is 2.12 bits per heavy atom. The third-order valence-electron chi connectivity index (χ3n) is 4.30. The van der Waals surface area contributed by atoms with Gasteiger partial charge < -0.3 is 10.2 Å². The summed E-state index contributed by atoms with van der Waals surface area (Å²) >= 11 is 2.14. The molecule has 3 heteroatoms. The van der Waals surface area contributed by atoms with Gasteiger partial charge in [0.05, 0.1) is 0 Å². The third kappa shape index (κ3) is 3.14. The quantitative estimate of drug-likeness (QED) is 0.817. The first-order valence-electron chi connectivity index (χ1n) is 6.79. The van der Waals surface area contributed by atoms with Crippen LogP contribution in [0.3, 0.4) is 0 Å². The maximum atomic E-state index is 3.50. The minimum atomic E-state index is 0.618. The first kappa shape index (κ1) is 12.7. The second-order valence-corrected chi connectivity index (χ2v) is 7.07. The van der Waals surface area contributed by atoms with Gasteiger partial charge in [0.15, 0.2) is 0 Å². The zero-order chi connectivity index (χ0) is 11.4. The summed E-state index contributed by atoms with van der Waals surface area (Å²) in [5, 5.41) is 4.33. The highest BCUT2D eigenvalue weighted by atomic mass is 32.2. The first-order chi connectivity index (χ1) is 7.74. The molecule has 1 atom stereocenters. The standard InChI is InChI=1S/C13H26N2S/c1-3-13(4-6-14-7-5-13)11-15-8-9-16-12(2)10-15/h12,14H,3-11H2,1-2H3. The van der Waals surface area contributed by atoms with Crippen molar-refractivity contribution >= 4 is 11.8 Å². The predicted octanol–water partition coefficient (Wildman–Crippen LogP) is 2.20. The molecule has 2 rings (SSSR count). The summed E-state index contributed by atoms with van der Waals surface area (Å²) in [6.07, 6.45) is 4.11. The number of piperidine rings is 1. The molecule has 0 bridgehead atoms. The van der Waals surface area contributed by atoms with E-state index in [1.165, 1.54) is 57.7 Å². The molecule has 94 valence electrons. The normalized spacial score (nSPS) is 31.5. The van der Waals surface area contributed by atoms with Gasteiger partial charge in [0.1, 0.15) is 0 Å². The van der Waals surface area contributed by atoms with E-state index >= 15 is 0 Å². The Balaban J connectivity index is 1.89. The molecule has 2 aliphatic rings. The van der Waals surface area contributed by atoms with Gasteiger partial charge in [0.2, 0.25) is 0 Å². The number of rotatable bonds is 3.